The summed E-state index contributed by atoms with van der Waals surface area (Å²) in [6.45, 7) is 4.52. The SMILES string of the molecule is Cc1[nH]nc(CO)c1S(=O)(=O)N(C)CCN1CCCC1. The Kier molecular flexibility index (Phi) is 4.79. The summed E-state index contributed by atoms with van der Waals surface area (Å²) in [6, 6.07) is 0. The Bertz CT molecular complexity index is 549. The summed E-state index contributed by atoms with van der Waals surface area (Å²) in [5.41, 5.74) is 0.637. The number of nitrogens with zero attached hydrogens (tertiary/aromatic N) is 3. The number of nitrogens with one attached hydrogen (secondary N) is 1. The van der Waals surface area contributed by atoms with Crippen LogP contribution in [0.25, 0.3) is 0 Å². The molecule has 2 N–H and O–H groups in total. The van der Waals surface area contributed by atoms with E-state index in [4.69, 9.17) is 0 Å². The fourth-order valence-electron chi connectivity index (χ4n) is 2.48. The highest BCUT2D eigenvalue weighted by molar-refractivity contribution is 7.89. The van der Waals surface area contributed by atoms with Crippen LogP contribution in [0.5, 0.6) is 0 Å². The second-order valence-corrected chi connectivity index (χ2v) is 7.14. The minimum absolute atomic E-state index is 0.101. The second kappa shape index (κ2) is 6.21. The van der Waals surface area contributed by atoms with Gasteiger partial charge < -0.3 is 10.0 Å². The maximum atomic E-state index is 12.5. The highest BCUT2D eigenvalue weighted by Gasteiger charge is 2.28. The van der Waals surface area contributed by atoms with Crippen LogP contribution >= 0.6 is 0 Å². The molecule has 1 aromatic rings. The van der Waals surface area contributed by atoms with E-state index < -0.39 is 16.6 Å². The number of hydrogen-bond acceptors (Lipinski definition) is 5. The van der Waals surface area contributed by atoms with Gasteiger partial charge in [0.25, 0.3) is 0 Å². The number of rotatable bonds is 6. The number of H-pyrrole nitrogens is 1. The smallest absolute Gasteiger partial charge is 0.246 e. The van der Waals surface area contributed by atoms with Crippen LogP contribution in [0.3, 0.4) is 0 Å². The number of aryl methyl sites for hydroxylation is 1. The van der Waals surface area contributed by atoms with Gasteiger partial charge in [0.1, 0.15) is 10.6 Å². The second-order valence-electron chi connectivity index (χ2n) is 5.16. The summed E-state index contributed by atoms with van der Waals surface area (Å²) in [7, 11) is -2.04. The predicted octanol–water partition coefficient (Wildman–Crippen LogP) is -0.0733. The fraction of sp³-hybridized carbons (Fsp3) is 0.750. The van der Waals surface area contributed by atoms with E-state index in [1.165, 1.54) is 17.1 Å². The van der Waals surface area contributed by atoms with Gasteiger partial charge in [-0.2, -0.15) is 9.40 Å². The zero-order valence-electron chi connectivity index (χ0n) is 12.0. The van der Waals surface area contributed by atoms with Gasteiger partial charge in [0, 0.05) is 20.1 Å². The Morgan fingerprint density at radius 3 is 2.65 bits per heavy atom. The normalized spacial score (nSPS) is 17.2. The van der Waals surface area contributed by atoms with Crippen molar-refractivity contribution in [2.24, 2.45) is 0 Å². The molecule has 0 bridgehead atoms. The maximum Gasteiger partial charge on any atom is 0.246 e. The number of hydrogen-bond donors (Lipinski definition) is 2. The molecule has 0 saturated carbocycles. The minimum atomic E-state index is -3.61. The van der Waals surface area contributed by atoms with Gasteiger partial charge in [-0.15, -0.1) is 0 Å². The van der Waals surface area contributed by atoms with Crippen molar-refractivity contribution in [3.05, 3.63) is 11.4 Å². The summed E-state index contributed by atoms with van der Waals surface area (Å²) in [5.74, 6) is 0. The van der Waals surface area contributed by atoms with E-state index in [-0.39, 0.29) is 10.6 Å². The summed E-state index contributed by atoms with van der Waals surface area (Å²) in [6.07, 6.45) is 2.37. The Morgan fingerprint density at radius 1 is 1.40 bits per heavy atom. The topological polar surface area (TPSA) is 89.5 Å². The lowest BCUT2D eigenvalue weighted by atomic mass is 10.4. The number of aliphatic hydroxyl groups is 1. The van der Waals surface area contributed by atoms with Crippen LogP contribution in [0.1, 0.15) is 24.2 Å². The molecule has 1 saturated heterocycles. The minimum Gasteiger partial charge on any atom is -0.390 e. The van der Waals surface area contributed by atoms with Crippen molar-refractivity contribution in [3.8, 4) is 0 Å². The van der Waals surface area contributed by atoms with Gasteiger partial charge in [0.2, 0.25) is 10.0 Å². The average Bonchev–Trinajstić information content (AvgIpc) is 3.04. The fourth-order valence-corrected chi connectivity index (χ4v) is 3.96. The molecule has 20 heavy (non-hydrogen) atoms. The van der Waals surface area contributed by atoms with Crippen molar-refractivity contribution in [1.82, 2.24) is 19.4 Å². The van der Waals surface area contributed by atoms with Gasteiger partial charge in [-0.25, -0.2) is 8.42 Å². The van der Waals surface area contributed by atoms with E-state index >= 15 is 0 Å². The zero-order chi connectivity index (χ0) is 14.8. The third kappa shape index (κ3) is 3.03. The highest BCUT2D eigenvalue weighted by atomic mass is 32.2. The van der Waals surface area contributed by atoms with Crippen LogP contribution < -0.4 is 0 Å². The molecular weight excluding hydrogens is 280 g/mol. The lowest BCUT2D eigenvalue weighted by molar-refractivity contribution is 0.272. The standard InChI is InChI=1S/C12H22N4O3S/c1-10-12(11(9-17)14-13-10)20(18,19)15(2)7-8-16-5-3-4-6-16/h17H,3-9H2,1-2H3,(H,13,14). The molecule has 0 aliphatic carbocycles. The molecule has 0 aromatic carbocycles. The quantitative estimate of drug-likeness (QED) is 0.767. The Hall–Kier alpha value is -0.960. The first-order valence-corrected chi connectivity index (χ1v) is 8.24. The molecule has 1 fully saturated rings. The van der Waals surface area contributed by atoms with Crippen molar-refractivity contribution in [2.45, 2.75) is 31.3 Å². The van der Waals surface area contributed by atoms with Crippen molar-refractivity contribution >= 4 is 10.0 Å². The molecule has 0 unspecified atom stereocenters. The number of aliphatic hydroxyl groups excluding tert-OH is 1. The molecule has 7 nitrogen and oxygen atoms in total. The lowest BCUT2D eigenvalue weighted by Crippen LogP contribution is -2.35. The first kappa shape index (κ1) is 15.4. The van der Waals surface area contributed by atoms with E-state index in [1.807, 2.05) is 0 Å². The summed E-state index contributed by atoms with van der Waals surface area (Å²) in [4.78, 5) is 2.37. The van der Waals surface area contributed by atoms with Gasteiger partial charge in [0.15, 0.2) is 0 Å². The van der Waals surface area contributed by atoms with Crippen LogP contribution in [-0.2, 0) is 16.6 Å². The molecule has 0 radical (unpaired) electrons. The third-order valence-electron chi connectivity index (χ3n) is 3.71. The predicted molar refractivity (Wildman–Crippen MR) is 74.7 cm³/mol. The van der Waals surface area contributed by atoms with Crippen LogP contribution in [0.15, 0.2) is 4.90 Å². The monoisotopic (exact) mass is 302 g/mol. The van der Waals surface area contributed by atoms with Crippen LogP contribution in [0.4, 0.5) is 0 Å². The van der Waals surface area contributed by atoms with Crippen LogP contribution in [0, 0.1) is 6.92 Å². The van der Waals surface area contributed by atoms with Crippen molar-refractivity contribution in [3.63, 3.8) is 0 Å². The van der Waals surface area contributed by atoms with Gasteiger partial charge >= 0.3 is 0 Å². The first-order chi connectivity index (χ1) is 9.46. The molecular formula is C12H22N4O3S. The number of likely N-dealkylation sites (tertiary alicyclic amines) is 1. The van der Waals surface area contributed by atoms with Crippen LogP contribution in [0.2, 0.25) is 0 Å². The summed E-state index contributed by atoms with van der Waals surface area (Å²) >= 11 is 0. The molecule has 2 heterocycles. The molecule has 0 atom stereocenters. The van der Waals surface area contributed by atoms with Gasteiger partial charge in [-0.05, 0) is 32.9 Å². The maximum absolute atomic E-state index is 12.5. The molecule has 0 amide bonds. The summed E-state index contributed by atoms with van der Waals surface area (Å²) in [5, 5.41) is 15.7. The van der Waals surface area contributed by atoms with Gasteiger partial charge in [-0.1, -0.05) is 0 Å². The molecule has 1 aliphatic rings. The molecule has 1 aliphatic heterocycles. The van der Waals surface area contributed by atoms with Crippen LogP contribution in [-0.4, -0.2) is 66.2 Å². The average molecular weight is 302 g/mol. The van der Waals surface area contributed by atoms with E-state index in [0.29, 0.717) is 12.2 Å². The van der Waals surface area contributed by atoms with Gasteiger partial charge in [-0.3, -0.25) is 5.10 Å². The van der Waals surface area contributed by atoms with Crippen molar-refractivity contribution < 1.29 is 13.5 Å². The Labute approximate surface area is 119 Å². The zero-order valence-corrected chi connectivity index (χ0v) is 12.8. The molecule has 0 spiro atoms. The van der Waals surface area contributed by atoms with E-state index in [1.54, 1.807) is 14.0 Å². The van der Waals surface area contributed by atoms with E-state index in [9.17, 15) is 13.5 Å². The molecule has 8 heteroatoms. The summed E-state index contributed by atoms with van der Waals surface area (Å²) < 4.78 is 26.4. The molecule has 2 rings (SSSR count). The number of likely N-dealkylation sites (N-methyl/N-ethyl adjacent to an activating group) is 1. The third-order valence-corrected chi connectivity index (χ3v) is 5.77. The van der Waals surface area contributed by atoms with E-state index in [0.717, 1.165) is 19.6 Å². The lowest BCUT2D eigenvalue weighted by Gasteiger charge is -2.21. The van der Waals surface area contributed by atoms with Gasteiger partial charge in [0.05, 0.1) is 12.3 Å². The number of sulfonamides is 1. The Morgan fingerprint density at radius 2 is 2.05 bits per heavy atom. The van der Waals surface area contributed by atoms with Crippen molar-refractivity contribution in [2.75, 3.05) is 33.2 Å². The van der Waals surface area contributed by atoms with Crippen molar-refractivity contribution in [1.29, 1.82) is 0 Å². The van der Waals surface area contributed by atoms with E-state index in [2.05, 4.69) is 15.1 Å². The highest BCUT2D eigenvalue weighted by Crippen LogP contribution is 2.21. The number of aromatic nitrogens is 2. The largest absolute Gasteiger partial charge is 0.390 e. The molecule has 114 valence electrons. The molecule has 1 aromatic heterocycles. The Balaban J connectivity index is 2.10. The first-order valence-electron chi connectivity index (χ1n) is 6.80. The number of aromatic amines is 1.